The average Bonchev–Trinajstić information content (AvgIpc) is 1.98. The molecule has 1 heterocycles. The van der Waals surface area contributed by atoms with Crippen LogP contribution in [-0.2, 0) is 9.59 Å². The molecule has 9 heavy (non-hydrogen) atoms. The van der Waals surface area contributed by atoms with E-state index in [0.29, 0.717) is 0 Å². The Morgan fingerprint density at radius 2 is 2.22 bits per heavy atom. The lowest BCUT2D eigenvalue weighted by atomic mass is 10.4. The van der Waals surface area contributed by atoms with Crippen molar-refractivity contribution in [2.75, 3.05) is 7.05 Å². The Morgan fingerprint density at radius 1 is 1.67 bits per heavy atom. The minimum absolute atomic E-state index is 0.514. The van der Waals surface area contributed by atoms with Crippen LogP contribution < -0.4 is 0 Å². The highest BCUT2D eigenvalue weighted by atomic mass is 35.5. The maximum atomic E-state index is 10.6. The van der Waals surface area contributed by atoms with Crippen LogP contribution in [0.5, 0.6) is 0 Å². The van der Waals surface area contributed by atoms with Crippen LogP contribution in [-0.4, -0.2) is 27.8 Å². The van der Waals surface area contributed by atoms with Crippen molar-refractivity contribution in [1.82, 2.24) is 4.31 Å². The summed E-state index contributed by atoms with van der Waals surface area (Å²) in [6.45, 7) is 0. The summed E-state index contributed by atoms with van der Waals surface area (Å²) < 4.78 is 0.530. The van der Waals surface area contributed by atoms with Gasteiger partial charge in [0, 0.05) is 7.05 Å². The van der Waals surface area contributed by atoms with Crippen molar-refractivity contribution in [2.24, 2.45) is 0 Å². The molecule has 1 unspecified atom stereocenters. The number of rotatable bonds is 0. The summed E-state index contributed by atoms with van der Waals surface area (Å²) in [6, 6.07) is 0. The highest BCUT2D eigenvalue weighted by Crippen LogP contribution is 2.27. The molecule has 1 aliphatic heterocycles. The first-order valence-electron chi connectivity index (χ1n) is 2.25. The van der Waals surface area contributed by atoms with E-state index in [9.17, 15) is 9.59 Å². The van der Waals surface area contributed by atoms with Crippen LogP contribution in [0.2, 0.25) is 0 Å². The van der Waals surface area contributed by atoms with E-state index in [2.05, 4.69) is 0 Å². The summed E-state index contributed by atoms with van der Waals surface area (Å²) >= 11 is 6.44. The van der Waals surface area contributed by atoms with E-state index in [1.807, 2.05) is 0 Å². The molecule has 1 amide bonds. The fraction of sp³-hybridized carbons (Fsp3) is 0.500. The van der Waals surface area contributed by atoms with Crippen molar-refractivity contribution >= 4 is 35.2 Å². The van der Waals surface area contributed by atoms with Gasteiger partial charge in [-0.2, -0.15) is 0 Å². The summed E-state index contributed by atoms with van der Waals surface area (Å²) in [5.41, 5.74) is 0. The molecule has 0 aliphatic carbocycles. The van der Waals surface area contributed by atoms with E-state index in [-0.39, 0.29) is 0 Å². The highest BCUT2D eigenvalue weighted by molar-refractivity contribution is 8.01. The van der Waals surface area contributed by atoms with Gasteiger partial charge >= 0.3 is 5.91 Å². The SMILES string of the molecule is CN1SC(Cl)C(=O)C1=O. The summed E-state index contributed by atoms with van der Waals surface area (Å²) in [5.74, 6) is -1.04. The second-order valence-corrected chi connectivity index (χ2v) is 3.51. The third kappa shape index (κ3) is 1.04. The lowest BCUT2D eigenvalue weighted by Crippen LogP contribution is -2.20. The van der Waals surface area contributed by atoms with Crippen LogP contribution in [0.3, 0.4) is 0 Å². The molecule has 5 heteroatoms. The number of hydrogen-bond acceptors (Lipinski definition) is 3. The highest BCUT2D eigenvalue weighted by Gasteiger charge is 2.36. The third-order valence-corrected chi connectivity index (χ3v) is 2.27. The van der Waals surface area contributed by atoms with E-state index < -0.39 is 16.4 Å². The minimum Gasteiger partial charge on any atom is -0.286 e. The quantitative estimate of drug-likeness (QED) is 0.293. The number of halogens is 1. The molecule has 1 rings (SSSR count). The van der Waals surface area contributed by atoms with Crippen molar-refractivity contribution in [3.63, 3.8) is 0 Å². The number of carbonyl (C=O) groups excluding carboxylic acids is 2. The molecule has 3 nitrogen and oxygen atoms in total. The zero-order valence-corrected chi connectivity index (χ0v) is 6.20. The molecule has 0 aromatic carbocycles. The van der Waals surface area contributed by atoms with Crippen molar-refractivity contribution in [3.05, 3.63) is 0 Å². The first-order chi connectivity index (χ1) is 4.13. The van der Waals surface area contributed by atoms with Gasteiger partial charge in [0.1, 0.15) is 0 Å². The van der Waals surface area contributed by atoms with Crippen LogP contribution in [0, 0.1) is 0 Å². The number of Topliss-reactive ketones (excluding diaryl/α,β-unsaturated/α-hetero) is 1. The molecular weight excluding hydrogens is 162 g/mol. The molecule has 1 saturated heterocycles. The zero-order chi connectivity index (χ0) is 7.02. The van der Waals surface area contributed by atoms with Gasteiger partial charge in [-0.1, -0.05) is 11.6 Å². The lowest BCUT2D eigenvalue weighted by molar-refractivity contribution is -0.138. The van der Waals surface area contributed by atoms with Crippen LogP contribution in [0.4, 0.5) is 0 Å². The Kier molecular flexibility index (Phi) is 1.68. The van der Waals surface area contributed by atoms with Gasteiger partial charge in [0.25, 0.3) is 5.78 Å². The second kappa shape index (κ2) is 2.19. The van der Waals surface area contributed by atoms with Crippen LogP contribution in [0.25, 0.3) is 0 Å². The van der Waals surface area contributed by atoms with Gasteiger partial charge in [0.2, 0.25) is 0 Å². The predicted molar refractivity (Wildman–Crippen MR) is 35.0 cm³/mol. The van der Waals surface area contributed by atoms with Gasteiger partial charge < -0.3 is 0 Å². The fourth-order valence-corrected chi connectivity index (χ4v) is 1.60. The van der Waals surface area contributed by atoms with Gasteiger partial charge in [0.15, 0.2) is 4.71 Å². The number of ketones is 1. The molecule has 50 valence electrons. The zero-order valence-electron chi connectivity index (χ0n) is 4.63. The van der Waals surface area contributed by atoms with E-state index in [1.165, 1.54) is 11.4 Å². The van der Waals surface area contributed by atoms with Crippen LogP contribution >= 0.6 is 23.5 Å². The largest absolute Gasteiger partial charge is 0.302 e. The molecule has 0 aromatic rings. The fourth-order valence-electron chi connectivity index (χ4n) is 0.487. The molecule has 0 aromatic heterocycles. The Morgan fingerprint density at radius 3 is 2.33 bits per heavy atom. The molecule has 0 bridgehead atoms. The Balaban J connectivity index is 2.77. The van der Waals surface area contributed by atoms with E-state index >= 15 is 0 Å². The number of likely N-dealkylation sites (N-methyl/N-ethyl adjacent to an activating group) is 1. The summed E-state index contributed by atoms with van der Waals surface area (Å²) in [5, 5.41) is 0. The normalized spacial score (nSPS) is 27.8. The average molecular weight is 166 g/mol. The molecule has 1 atom stereocenters. The van der Waals surface area contributed by atoms with Crippen molar-refractivity contribution in [3.8, 4) is 0 Å². The minimum atomic E-state index is -0.706. The summed E-state index contributed by atoms with van der Waals surface area (Å²) in [6.07, 6.45) is 0. The van der Waals surface area contributed by atoms with Gasteiger partial charge in [-0.25, -0.2) is 0 Å². The molecular formula is C4H4ClNO2S. The molecule has 0 spiro atoms. The van der Waals surface area contributed by atoms with E-state index in [1.54, 1.807) is 0 Å². The van der Waals surface area contributed by atoms with Gasteiger partial charge in [-0.15, -0.1) is 0 Å². The van der Waals surface area contributed by atoms with Crippen molar-refractivity contribution in [1.29, 1.82) is 0 Å². The topological polar surface area (TPSA) is 37.4 Å². The Bertz CT molecular complexity index is 154. The smallest absolute Gasteiger partial charge is 0.286 e. The maximum absolute atomic E-state index is 10.6. The number of hydrogen-bond donors (Lipinski definition) is 0. The van der Waals surface area contributed by atoms with Crippen LogP contribution in [0.1, 0.15) is 0 Å². The van der Waals surface area contributed by atoms with Gasteiger partial charge in [-0.3, -0.25) is 13.9 Å². The molecule has 1 fully saturated rings. The molecule has 0 N–H and O–H groups in total. The maximum Gasteiger partial charge on any atom is 0.302 e. The predicted octanol–water partition coefficient (Wildman–Crippen LogP) is 0.241. The van der Waals surface area contributed by atoms with Crippen molar-refractivity contribution < 1.29 is 9.59 Å². The standard InChI is InChI=1S/C4H4ClNO2S/c1-6-4(8)2(7)3(5)9-6/h3H,1H3. The number of amides is 1. The molecule has 0 saturated carbocycles. The Hall–Kier alpha value is -0.220. The number of alkyl halides is 1. The van der Waals surface area contributed by atoms with E-state index in [0.717, 1.165) is 11.9 Å². The second-order valence-electron chi connectivity index (χ2n) is 1.59. The summed E-state index contributed by atoms with van der Waals surface area (Å²) in [4.78, 5) is 21.2. The third-order valence-electron chi connectivity index (χ3n) is 0.954. The molecule has 1 aliphatic rings. The first kappa shape index (κ1) is 6.89. The van der Waals surface area contributed by atoms with Crippen molar-refractivity contribution in [2.45, 2.75) is 4.71 Å². The number of nitrogens with zero attached hydrogens (tertiary/aromatic N) is 1. The monoisotopic (exact) mass is 165 g/mol. The van der Waals surface area contributed by atoms with Gasteiger partial charge in [-0.05, 0) is 11.9 Å². The van der Waals surface area contributed by atoms with E-state index in [4.69, 9.17) is 11.6 Å². The Labute approximate surface area is 61.5 Å². The van der Waals surface area contributed by atoms with Crippen LogP contribution in [0.15, 0.2) is 0 Å². The molecule has 0 radical (unpaired) electrons. The lowest BCUT2D eigenvalue weighted by Gasteiger charge is -2.00. The number of carbonyl (C=O) groups is 2. The van der Waals surface area contributed by atoms with Gasteiger partial charge in [0.05, 0.1) is 0 Å². The first-order valence-corrected chi connectivity index (χ1v) is 3.53. The summed E-state index contributed by atoms with van der Waals surface area (Å²) in [7, 11) is 1.52.